The fourth-order valence-corrected chi connectivity index (χ4v) is 2.72. The maximum Gasteiger partial charge on any atom is 0.328 e. The van der Waals surface area contributed by atoms with E-state index in [2.05, 4.69) is 10.1 Å². The summed E-state index contributed by atoms with van der Waals surface area (Å²) in [5, 5.41) is 6.15. The number of hydrogen-bond acceptors (Lipinski definition) is 6. The van der Waals surface area contributed by atoms with Gasteiger partial charge >= 0.3 is 12.2 Å². The minimum absolute atomic E-state index is 0.0161. The van der Waals surface area contributed by atoms with E-state index in [4.69, 9.17) is 15.0 Å². The number of esters is 1. The minimum Gasteiger partial charge on any atom is -0.461 e. The van der Waals surface area contributed by atoms with E-state index in [-0.39, 0.29) is 18.9 Å². The zero-order chi connectivity index (χ0) is 18.8. The fraction of sp³-hybridized carbons (Fsp3) is 0.500. The van der Waals surface area contributed by atoms with E-state index in [1.807, 2.05) is 5.38 Å². The second-order valence-corrected chi connectivity index (χ2v) is 6.25. The van der Waals surface area contributed by atoms with Crippen LogP contribution in [-0.4, -0.2) is 47.9 Å². The molecule has 0 aromatic carbocycles. The van der Waals surface area contributed by atoms with Gasteiger partial charge in [0.15, 0.2) is 6.10 Å². The molecule has 136 valence electrons. The van der Waals surface area contributed by atoms with E-state index in [9.17, 15) is 14.4 Å². The molecule has 0 unspecified atom stereocenters. The van der Waals surface area contributed by atoms with E-state index in [1.54, 1.807) is 25.3 Å². The Bertz CT molecular complexity index is 638. The second-order valence-electron chi connectivity index (χ2n) is 5.47. The van der Waals surface area contributed by atoms with Gasteiger partial charge in [-0.1, -0.05) is 0 Å². The first-order chi connectivity index (χ1) is 11.9. The maximum absolute atomic E-state index is 12.5. The molecule has 25 heavy (non-hydrogen) atoms. The Labute approximate surface area is 149 Å². The molecule has 0 saturated carbocycles. The van der Waals surface area contributed by atoms with Crippen molar-refractivity contribution in [3.05, 3.63) is 27.9 Å². The summed E-state index contributed by atoms with van der Waals surface area (Å²) in [7, 11) is 1.39. The summed E-state index contributed by atoms with van der Waals surface area (Å²) in [5.41, 5.74) is 9.03. The lowest BCUT2D eigenvalue weighted by atomic mass is 10.1. The summed E-state index contributed by atoms with van der Waals surface area (Å²) in [6.07, 6.45) is -0.553. The van der Waals surface area contributed by atoms with Crippen molar-refractivity contribution in [3.8, 4) is 0 Å². The number of nitrogens with zero attached hydrogens (tertiary/aromatic N) is 2. The van der Waals surface area contributed by atoms with Gasteiger partial charge in [0.25, 0.3) is 5.91 Å². The Morgan fingerprint density at radius 3 is 2.64 bits per heavy atom. The number of ether oxygens (including phenoxy) is 2. The Kier molecular flexibility index (Phi) is 8.69. The van der Waals surface area contributed by atoms with Gasteiger partial charge in [-0.3, -0.25) is 9.59 Å². The monoisotopic (exact) mass is 367 g/mol. The number of nitrogens with one attached hydrogen (secondary N) is 1. The third-order valence-corrected chi connectivity index (χ3v) is 3.86. The lowest BCUT2D eigenvalue weighted by Gasteiger charge is -2.21. The largest absolute Gasteiger partial charge is 0.461 e. The molecule has 0 saturated heterocycles. The third kappa shape index (κ3) is 6.96. The summed E-state index contributed by atoms with van der Waals surface area (Å²) in [4.78, 5) is 38.7. The van der Waals surface area contributed by atoms with Gasteiger partial charge in [0, 0.05) is 19.1 Å². The van der Waals surface area contributed by atoms with E-state index in [0.717, 1.165) is 6.21 Å². The number of methoxy groups -OCH3 is 1. The number of Topliss-reactive ketones (excluding diaryl/α,β-unsaturated/α-hetero) is 1. The second kappa shape index (κ2) is 10.5. The molecule has 1 rings (SSSR count). The molecule has 0 aliphatic rings. The van der Waals surface area contributed by atoms with Crippen LogP contribution in [0.25, 0.3) is 5.53 Å². The molecule has 0 aliphatic heterocycles. The van der Waals surface area contributed by atoms with E-state index in [0.29, 0.717) is 5.56 Å². The van der Waals surface area contributed by atoms with Crippen molar-refractivity contribution in [2.45, 2.75) is 44.9 Å². The zero-order valence-electron chi connectivity index (χ0n) is 14.3. The van der Waals surface area contributed by atoms with Gasteiger partial charge in [-0.05, 0) is 37.1 Å². The van der Waals surface area contributed by atoms with E-state index >= 15 is 0 Å². The standard InChI is InChI=1S/C16H21N3O5S/c1-10(2)24-16(22)13(5-4-12(20)8-18-17)19-15(21)14(23-3)11-6-7-25-9-11/h6-10,13-14H,4-5H2,1-3H3,(H,19,21)/t13-,14+/m0/s1. The van der Waals surface area contributed by atoms with E-state index in [1.165, 1.54) is 18.4 Å². The molecule has 1 N–H and O–H groups in total. The summed E-state index contributed by atoms with van der Waals surface area (Å²) in [5.74, 6) is -1.62. The van der Waals surface area contributed by atoms with E-state index < -0.39 is 29.8 Å². The van der Waals surface area contributed by atoms with Crippen molar-refractivity contribution >= 4 is 35.2 Å². The molecule has 1 aromatic rings. The number of rotatable bonds is 10. The highest BCUT2D eigenvalue weighted by Gasteiger charge is 2.28. The van der Waals surface area contributed by atoms with Gasteiger partial charge in [0.05, 0.1) is 6.10 Å². The molecule has 0 fully saturated rings. The van der Waals surface area contributed by atoms with Crippen LogP contribution in [0.4, 0.5) is 0 Å². The molecule has 1 aromatic heterocycles. The van der Waals surface area contributed by atoms with Crippen LogP contribution in [0.1, 0.15) is 38.4 Å². The Morgan fingerprint density at radius 1 is 1.40 bits per heavy atom. The lowest BCUT2D eigenvalue weighted by molar-refractivity contribution is -0.152. The van der Waals surface area contributed by atoms with Gasteiger partial charge in [-0.2, -0.15) is 16.1 Å². The highest BCUT2D eigenvalue weighted by molar-refractivity contribution is 7.08. The van der Waals surface area contributed by atoms with Crippen LogP contribution < -0.4 is 5.32 Å². The van der Waals surface area contributed by atoms with Crippen molar-refractivity contribution in [3.63, 3.8) is 0 Å². The first kappa shape index (κ1) is 20.7. The number of thiophene rings is 1. The van der Waals surface area contributed by atoms with Gasteiger partial charge < -0.3 is 20.3 Å². The number of amides is 1. The SMILES string of the molecule is CO[C@@H](C(=O)N[C@@H](CCC(=O)C=[N+]=[N-])C(=O)OC(C)C)c1ccsc1. The van der Waals surface area contributed by atoms with Crippen LogP contribution in [-0.2, 0) is 23.9 Å². The van der Waals surface area contributed by atoms with Crippen LogP contribution in [0, 0.1) is 0 Å². The van der Waals surface area contributed by atoms with Crippen molar-refractivity contribution < 1.29 is 28.6 Å². The van der Waals surface area contributed by atoms with Crippen LogP contribution in [0.3, 0.4) is 0 Å². The number of ketones is 1. The topological polar surface area (TPSA) is 118 Å². The highest BCUT2D eigenvalue weighted by atomic mass is 32.1. The van der Waals surface area contributed by atoms with Crippen molar-refractivity contribution in [2.24, 2.45) is 0 Å². The predicted molar refractivity (Wildman–Crippen MR) is 91.2 cm³/mol. The number of carbonyl (C=O) groups excluding carboxylic acids is 3. The molecule has 9 heteroatoms. The zero-order valence-corrected chi connectivity index (χ0v) is 15.1. The summed E-state index contributed by atoms with van der Waals surface area (Å²) in [6, 6.07) is 0.739. The smallest absolute Gasteiger partial charge is 0.328 e. The fourth-order valence-electron chi connectivity index (χ4n) is 2.05. The van der Waals surface area contributed by atoms with Gasteiger partial charge in [-0.15, -0.1) is 0 Å². The summed E-state index contributed by atoms with van der Waals surface area (Å²) in [6.45, 7) is 3.37. The Balaban J connectivity index is 2.83. The van der Waals surface area contributed by atoms with Gasteiger partial charge in [0.1, 0.15) is 6.04 Å². The molecule has 1 heterocycles. The molecular weight excluding hydrogens is 346 g/mol. The van der Waals surface area contributed by atoms with Crippen LogP contribution in [0.2, 0.25) is 0 Å². The van der Waals surface area contributed by atoms with Crippen molar-refractivity contribution in [1.29, 1.82) is 0 Å². The molecule has 1 amide bonds. The molecule has 2 atom stereocenters. The van der Waals surface area contributed by atoms with Crippen LogP contribution >= 0.6 is 11.3 Å². The average molecular weight is 367 g/mol. The first-order valence-electron chi connectivity index (χ1n) is 7.65. The quantitative estimate of drug-likeness (QED) is 0.291. The normalized spacial score (nSPS) is 12.8. The molecule has 0 aliphatic carbocycles. The van der Waals surface area contributed by atoms with Gasteiger partial charge in [0.2, 0.25) is 5.78 Å². The molecule has 0 bridgehead atoms. The lowest BCUT2D eigenvalue weighted by Crippen LogP contribution is -2.45. The summed E-state index contributed by atoms with van der Waals surface area (Å²) < 4.78 is 10.3. The molecule has 0 radical (unpaired) electrons. The molecule has 0 spiro atoms. The third-order valence-electron chi connectivity index (χ3n) is 3.15. The van der Waals surface area contributed by atoms with Gasteiger partial charge in [-0.25, -0.2) is 4.79 Å². The van der Waals surface area contributed by atoms with Crippen LogP contribution in [0.5, 0.6) is 0 Å². The highest BCUT2D eigenvalue weighted by Crippen LogP contribution is 2.20. The first-order valence-corrected chi connectivity index (χ1v) is 8.59. The summed E-state index contributed by atoms with van der Waals surface area (Å²) >= 11 is 1.42. The minimum atomic E-state index is -1.01. The molecule has 8 nitrogen and oxygen atoms in total. The Morgan fingerprint density at radius 2 is 2.12 bits per heavy atom. The predicted octanol–water partition coefficient (Wildman–Crippen LogP) is 1.52. The number of carbonyl (C=O) groups is 3. The van der Waals surface area contributed by atoms with Crippen molar-refractivity contribution in [1.82, 2.24) is 5.32 Å². The molecular formula is C16H21N3O5S. The maximum atomic E-state index is 12.5. The Hall–Kier alpha value is -2.35. The average Bonchev–Trinajstić information content (AvgIpc) is 3.05. The number of hydrogen-bond donors (Lipinski definition) is 1. The van der Waals surface area contributed by atoms with Crippen molar-refractivity contribution in [2.75, 3.05) is 7.11 Å². The van der Waals surface area contributed by atoms with Crippen LogP contribution in [0.15, 0.2) is 16.8 Å².